The molecule has 2 heterocycles. The molecule has 0 radical (unpaired) electrons. The number of hydrogen-bond donors (Lipinski definition) is 4. The molecule has 8 nitrogen and oxygen atoms in total. The lowest BCUT2D eigenvalue weighted by molar-refractivity contribution is 0.0603. The highest BCUT2D eigenvalue weighted by atomic mass is 16.5. The predicted molar refractivity (Wildman–Crippen MR) is 118 cm³/mol. The van der Waals surface area contributed by atoms with Gasteiger partial charge in [0.2, 0.25) is 0 Å². The van der Waals surface area contributed by atoms with Crippen molar-refractivity contribution in [1.82, 2.24) is 14.8 Å². The molecule has 4 N–H and O–H groups in total. The van der Waals surface area contributed by atoms with Crippen molar-refractivity contribution in [1.29, 1.82) is 5.41 Å². The molecule has 2 aromatic heterocycles. The molecule has 0 amide bonds. The van der Waals surface area contributed by atoms with E-state index in [9.17, 15) is 5.11 Å². The van der Waals surface area contributed by atoms with Gasteiger partial charge in [-0.2, -0.15) is 5.10 Å². The molecule has 30 heavy (non-hydrogen) atoms. The van der Waals surface area contributed by atoms with Crippen molar-refractivity contribution in [3.63, 3.8) is 0 Å². The minimum Gasteiger partial charge on any atom is -0.487 e. The summed E-state index contributed by atoms with van der Waals surface area (Å²) in [4.78, 5) is 4.58. The van der Waals surface area contributed by atoms with E-state index >= 15 is 0 Å². The van der Waals surface area contributed by atoms with Crippen LogP contribution in [0.3, 0.4) is 0 Å². The number of aryl methyl sites for hydroxylation is 1. The van der Waals surface area contributed by atoms with E-state index in [1.807, 2.05) is 43.4 Å². The Morgan fingerprint density at radius 2 is 2.03 bits per heavy atom. The Morgan fingerprint density at radius 1 is 1.23 bits per heavy atom. The molecule has 156 valence electrons. The highest BCUT2D eigenvalue weighted by molar-refractivity contribution is 5.89. The fraction of sp³-hybridized carbons (Fsp3) is 0.318. The van der Waals surface area contributed by atoms with Crippen LogP contribution in [-0.4, -0.2) is 45.3 Å². The number of aliphatic hydroxyl groups excluding tert-OH is 1. The number of nitrogens with zero attached hydrogens (tertiary/aromatic N) is 3. The lowest BCUT2D eigenvalue weighted by Crippen LogP contribution is -2.26. The van der Waals surface area contributed by atoms with Crippen LogP contribution in [-0.2, 0) is 7.05 Å². The van der Waals surface area contributed by atoms with Crippen molar-refractivity contribution in [3.8, 4) is 17.0 Å². The van der Waals surface area contributed by atoms with E-state index < -0.39 is 6.10 Å². The Kier molecular flexibility index (Phi) is 5.67. The van der Waals surface area contributed by atoms with Crippen LogP contribution in [0.2, 0.25) is 0 Å². The Labute approximate surface area is 175 Å². The van der Waals surface area contributed by atoms with Crippen LogP contribution < -0.4 is 15.4 Å². The zero-order chi connectivity index (χ0) is 21.1. The largest absolute Gasteiger partial charge is 0.487 e. The third kappa shape index (κ3) is 3.99. The Hall–Kier alpha value is -3.39. The zero-order valence-corrected chi connectivity index (χ0v) is 17.1. The summed E-state index contributed by atoms with van der Waals surface area (Å²) in [5, 5.41) is 28.9. The number of nitrogens with one attached hydrogen (secondary N) is 3. The van der Waals surface area contributed by atoms with Gasteiger partial charge in [0.1, 0.15) is 29.3 Å². The van der Waals surface area contributed by atoms with Crippen LogP contribution in [0.1, 0.15) is 24.8 Å². The predicted octanol–water partition coefficient (Wildman–Crippen LogP) is 3.56. The SMILES string of the molecule is CNc1nc(Nc2cc(-c3ccccc3)nn2C)cc(OC2CCCC2O)c1C=N. The maximum atomic E-state index is 10.2. The van der Waals surface area contributed by atoms with Crippen LogP contribution in [0, 0.1) is 5.41 Å². The van der Waals surface area contributed by atoms with Crippen molar-refractivity contribution in [2.24, 2.45) is 7.05 Å². The molecule has 8 heteroatoms. The first-order valence-corrected chi connectivity index (χ1v) is 10.0. The third-order valence-electron chi connectivity index (χ3n) is 5.30. The molecule has 1 aliphatic carbocycles. The van der Waals surface area contributed by atoms with Gasteiger partial charge in [-0.15, -0.1) is 0 Å². The molecule has 0 saturated heterocycles. The second-order valence-electron chi connectivity index (χ2n) is 7.35. The molecule has 2 unspecified atom stereocenters. The van der Waals surface area contributed by atoms with Crippen LogP contribution in [0.4, 0.5) is 17.5 Å². The summed E-state index contributed by atoms with van der Waals surface area (Å²) in [6.07, 6.45) is 2.91. The molecule has 1 fully saturated rings. The quantitative estimate of drug-likeness (QED) is 0.447. The molecule has 3 aromatic rings. The summed E-state index contributed by atoms with van der Waals surface area (Å²) in [5.74, 6) is 2.39. The first-order chi connectivity index (χ1) is 14.6. The molecule has 1 aromatic carbocycles. The summed E-state index contributed by atoms with van der Waals surface area (Å²) in [6, 6.07) is 13.7. The first-order valence-electron chi connectivity index (χ1n) is 10.0. The molecule has 1 aliphatic rings. The van der Waals surface area contributed by atoms with Crippen molar-refractivity contribution >= 4 is 23.7 Å². The van der Waals surface area contributed by atoms with Gasteiger partial charge in [0.15, 0.2) is 0 Å². The number of ether oxygens (including phenoxy) is 1. The fourth-order valence-electron chi connectivity index (χ4n) is 3.70. The van der Waals surface area contributed by atoms with E-state index in [1.54, 1.807) is 17.8 Å². The normalized spacial score (nSPS) is 18.2. The van der Waals surface area contributed by atoms with Crippen LogP contribution in [0.25, 0.3) is 11.3 Å². The first kappa shape index (κ1) is 19.9. The summed E-state index contributed by atoms with van der Waals surface area (Å²) >= 11 is 0. The van der Waals surface area contributed by atoms with Crippen LogP contribution in [0.5, 0.6) is 5.75 Å². The van der Waals surface area contributed by atoms with Gasteiger partial charge >= 0.3 is 0 Å². The Balaban J connectivity index is 1.65. The number of aliphatic hydroxyl groups is 1. The van der Waals surface area contributed by atoms with Crippen LogP contribution in [0.15, 0.2) is 42.5 Å². The molecule has 1 saturated carbocycles. The second kappa shape index (κ2) is 8.54. The maximum Gasteiger partial charge on any atom is 0.140 e. The molecule has 0 bridgehead atoms. The number of rotatable bonds is 7. The average Bonchev–Trinajstić information content (AvgIpc) is 3.33. The summed E-state index contributed by atoms with van der Waals surface area (Å²) in [7, 11) is 3.62. The van der Waals surface area contributed by atoms with E-state index in [1.165, 1.54) is 6.21 Å². The van der Waals surface area contributed by atoms with Gasteiger partial charge in [-0.05, 0) is 19.3 Å². The molecular formula is C22H26N6O2. The van der Waals surface area contributed by atoms with Gasteiger partial charge in [-0.1, -0.05) is 30.3 Å². The van der Waals surface area contributed by atoms with E-state index in [4.69, 9.17) is 10.1 Å². The van der Waals surface area contributed by atoms with E-state index in [0.717, 1.165) is 36.3 Å². The average molecular weight is 406 g/mol. The number of pyridine rings is 1. The van der Waals surface area contributed by atoms with Gasteiger partial charge in [-0.3, -0.25) is 4.68 Å². The van der Waals surface area contributed by atoms with Gasteiger partial charge in [-0.25, -0.2) is 4.98 Å². The van der Waals surface area contributed by atoms with Crippen molar-refractivity contribution < 1.29 is 9.84 Å². The topological polar surface area (TPSA) is 108 Å². The molecular weight excluding hydrogens is 380 g/mol. The smallest absolute Gasteiger partial charge is 0.140 e. The summed E-state index contributed by atoms with van der Waals surface area (Å²) in [5.41, 5.74) is 2.44. The third-order valence-corrected chi connectivity index (χ3v) is 5.30. The van der Waals surface area contributed by atoms with E-state index in [-0.39, 0.29) is 6.10 Å². The highest BCUT2D eigenvalue weighted by Crippen LogP contribution is 2.32. The maximum absolute atomic E-state index is 10.2. The van der Waals surface area contributed by atoms with Crippen molar-refractivity contribution in [3.05, 3.63) is 48.0 Å². The lowest BCUT2D eigenvalue weighted by Gasteiger charge is -2.20. The monoisotopic (exact) mass is 406 g/mol. The highest BCUT2D eigenvalue weighted by Gasteiger charge is 2.28. The standard InChI is InChI=1S/C22H26N6O2/c1-24-22-15(13-23)19(30-18-10-6-9-17(18)29)12-20(26-22)25-21-11-16(27-28(21)2)14-7-4-3-5-8-14/h3-5,7-8,11-13,17-18,23,29H,6,9-10H2,1-2H3,(H2,24,25,26). The number of hydrogen-bond acceptors (Lipinski definition) is 7. The van der Waals surface area contributed by atoms with E-state index in [0.29, 0.717) is 22.9 Å². The minimum atomic E-state index is -0.489. The van der Waals surface area contributed by atoms with Crippen molar-refractivity contribution in [2.45, 2.75) is 31.5 Å². The van der Waals surface area contributed by atoms with Gasteiger partial charge < -0.3 is 25.9 Å². The van der Waals surface area contributed by atoms with Gasteiger partial charge in [0, 0.05) is 38.0 Å². The Morgan fingerprint density at radius 3 is 2.70 bits per heavy atom. The Bertz CT molecular complexity index is 1030. The minimum absolute atomic E-state index is 0.273. The number of benzene rings is 1. The zero-order valence-electron chi connectivity index (χ0n) is 17.1. The van der Waals surface area contributed by atoms with Crippen molar-refractivity contribution in [2.75, 3.05) is 17.7 Å². The molecule has 4 rings (SSSR count). The molecule has 0 aliphatic heterocycles. The number of anilines is 3. The van der Waals surface area contributed by atoms with E-state index in [2.05, 4.69) is 20.7 Å². The second-order valence-corrected chi connectivity index (χ2v) is 7.35. The lowest BCUT2D eigenvalue weighted by atomic mass is 10.1. The summed E-state index contributed by atoms with van der Waals surface area (Å²) < 4.78 is 7.85. The molecule has 0 spiro atoms. The van der Waals surface area contributed by atoms with Gasteiger partial charge in [0.25, 0.3) is 0 Å². The number of aromatic nitrogens is 3. The molecule has 2 atom stereocenters. The van der Waals surface area contributed by atoms with Gasteiger partial charge in [0.05, 0.1) is 17.4 Å². The van der Waals surface area contributed by atoms with Crippen LogP contribution >= 0.6 is 0 Å². The summed E-state index contributed by atoms with van der Waals surface area (Å²) in [6.45, 7) is 0. The fourth-order valence-corrected chi connectivity index (χ4v) is 3.70.